The van der Waals surface area contributed by atoms with Crippen LogP contribution >= 0.6 is 31.9 Å². The number of aromatic nitrogens is 3. The molecule has 1 aromatic carbocycles. The predicted octanol–water partition coefficient (Wildman–Crippen LogP) is 3.14. The van der Waals surface area contributed by atoms with Crippen LogP contribution in [0.3, 0.4) is 0 Å². The van der Waals surface area contributed by atoms with E-state index in [0.717, 1.165) is 21.7 Å². The third-order valence-corrected chi connectivity index (χ3v) is 3.22. The Labute approximate surface area is 105 Å². The Morgan fingerprint density at radius 1 is 1.20 bits per heavy atom. The molecule has 78 valence electrons. The van der Waals surface area contributed by atoms with E-state index in [1.807, 2.05) is 35.9 Å². The zero-order valence-corrected chi connectivity index (χ0v) is 11.3. The molecule has 15 heavy (non-hydrogen) atoms. The maximum absolute atomic E-state index is 4.15. The fourth-order valence-electron chi connectivity index (χ4n) is 1.33. The third-order valence-electron chi connectivity index (χ3n) is 2.19. The van der Waals surface area contributed by atoms with Crippen molar-refractivity contribution in [1.29, 1.82) is 0 Å². The van der Waals surface area contributed by atoms with Gasteiger partial charge in [-0.1, -0.05) is 44.0 Å². The summed E-state index contributed by atoms with van der Waals surface area (Å²) in [6.45, 7) is 0. The zero-order valence-electron chi connectivity index (χ0n) is 8.11. The molecule has 3 nitrogen and oxygen atoms in total. The number of alkyl halides is 1. The molecule has 5 heteroatoms. The van der Waals surface area contributed by atoms with Crippen LogP contribution in [-0.2, 0) is 12.4 Å². The largest absolute Gasteiger partial charge is 0.313 e. The van der Waals surface area contributed by atoms with E-state index in [-0.39, 0.29) is 0 Å². The van der Waals surface area contributed by atoms with Crippen molar-refractivity contribution in [2.45, 2.75) is 5.33 Å². The van der Waals surface area contributed by atoms with Crippen LogP contribution in [0.15, 0.2) is 28.7 Å². The van der Waals surface area contributed by atoms with Gasteiger partial charge in [0.2, 0.25) is 0 Å². The molecule has 0 fully saturated rings. The van der Waals surface area contributed by atoms with Crippen molar-refractivity contribution in [3.8, 4) is 11.4 Å². The molecule has 0 saturated carbocycles. The minimum absolute atomic E-state index is 0.715. The van der Waals surface area contributed by atoms with Gasteiger partial charge in [-0.25, -0.2) is 0 Å². The molecule has 0 aliphatic rings. The summed E-state index contributed by atoms with van der Waals surface area (Å²) in [6, 6.07) is 8.04. The van der Waals surface area contributed by atoms with Crippen molar-refractivity contribution in [3.63, 3.8) is 0 Å². The smallest absolute Gasteiger partial charge is 0.163 e. The van der Waals surface area contributed by atoms with Crippen LogP contribution in [0.2, 0.25) is 0 Å². The van der Waals surface area contributed by atoms with Gasteiger partial charge in [0.05, 0.1) is 5.33 Å². The van der Waals surface area contributed by atoms with Crippen LogP contribution in [0, 0.1) is 0 Å². The molecule has 1 heterocycles. The number of nitrogens with zero attached hydrogens (tertiary/aromatic N) is 3. The summed E-state index contributed by atoms with van der Waals surface area (Å²) in [7, 11) is 1.97. The molecule has 0 N–H and O–H groups in total. The van der Waals surface area contributed by atoms with Gasteiger partial charge in [0.25, 0.3) is 0 Å². The maximum atomic E-state index is 4.15. The van der Waals surface area contributed by atoms with Gasteiger partial charge in [-0.2, -0.15) is 0 Å². The summed E-state index contributed by atoms with van der Waals surface area (Å²) in [5.74, 6) is 1.81. The quantitative estimate of drug-likeness (QED) is 0.792. The molecule has 0 radical (unpaired) electrons. The Morgan fingerprint density at radius 3 is 2.40 bits per heavy atom. The van der Waals surface area contributed by atoms with Crippen molar-refractivity contribution < 1.29 is 0 Å². The van der Waals surface area contributed by atoms with Gasteiger partial charge in [0.15, 0.2) is 5.82 Å². The number of rotatable bonds is 2. The summed E-state index contributed by atoms with van der Waals surface area (Å²) in [4.78, 5) is 0. The van der Waals surface area contributed by atoms with E-state index in [0.29, 0.717) is 5.33 Å². The van der Waals surface area contributed by atoms with E-state index in [1.54, 1.807) is 0 Å². The molecule has 0 aliphatic carbocycles. The lowest BCUT2D eigenvalue weighted by atomic mass is 10.2. The number of benzene rings is 1. The Bertz CT molecular complexity index is 462. The van der Waals surface area contributed by atoms with Gasteiger partial charge in [-0.05, 0) is 12.1 Å². The Morgan fingerprint density at radius 2 is 1.87 bits per heavy atom. The predicted molar refractivity (Wildman–Crippen MR) is 66.8 cm³/mol. The van der Waals surface area contributed by atoms with Gasteiger partial charge in [-0.3, -0.25) is 0 Å². The van der Waals surface area contributed by atoms with Crippen LogP contribution < -0.4 is 0 Å². The first-order chi connectivity index (χ1) is 7.22. The molecule has 0 bridgehead atoms. The van der Waals surface area contributed by atoms with Crippen molar-refractivity contribution in [2.75, 3.05) is 0 Å². The van der Waals surface area contributed by atoms with Crippen LogP contribution in [-0.4, -0.2) is 14.8 Å². The second-order valence-corrected chi connectivity index (χ2v) is 4.62. The van der Waals surface area contributed by atoms with Crippen LogP contribution in [0.4, 0.5) is 0 Å². The number of hydrogen-bond acceptors (Lipinski definition) is 2. The van der Waals surface area contributed by atoms with Gasteiger partial charge in [0.1, 0.15) is 5.82 Å². The van der Waals surface area contributed by atoms with Gasteiger partial charge in [0, 0.05) is 17.1 Å². The van der Waals surface area contributed by atoms with Crippen molar-refractivity contribution in [3.05, 3.63) is 34.6 Å². The van der Waals surface area contributed by atoms with Gasteiger partial charge >= 0.3 is 0 Å². The van der Waals surface area contributed by atoms with Crippen LogP contribution in [0.5, 0.6) is 0 Å². The van der Waals surface area contributed by atoms with E-state index in [4.69, 9.17) is 0 Å². The highest BCUT2D eigenvalue weighted by atomic mass is 79.9. The standard InChI is InChI=1S/C10H9Br2N3/c1-15-9(6-11)13-14-10(15)7-2-4-8(12)5-3-7/h2-5H,6H2,1H3. The molecule has 2 aromatic rings. The summed E-state index contributed by atoms with van der Waals surface area (Å²) in [5, 5.41) is 8.96. The molecule has 1 aromatic heterocycles. The van der Waals surface area contributed by atoms with E-state index in [2.05, 4.69) is 42.1 Å². The first-order valence-electron chi connectivity index (χ1n) is 4.42. The Hall–Kier alpha value is -0.680. The third kappa shape index (κ3) is 2.13. The minimum atomic E-state index is 0.715. The lowest BCUT2D eigenvalue weighted by molar-refractivity contribution is 0.859. The van der Waals surface area contributed by atoms with Crippen molar-refractivity contribution >= 4 is 31.9 Å². The van der Waals surface area contributed by atoms with Crippen LogP contribution in [0.25, 0.3) is 11.4 Å². The summed E-state index contributed by atoms with van der Waals surface area (Å²) >= 11 is 6.78. The first kappa shape index (κ1) is 10.8. The van der Waals surface area contributed by atoms with Gasteiger partial charge in [-0.15, -0.1) is 10.2 Å². The average molecular weight is 331 g/mol. The molecule has 0 amide bonds. The van der Waals surface area contributed by atoms with Gasteiger partial charge < -0.3 is 4.57 Å². The highest BCUT2D eigenvalue weighted by Crippen LogP contribution is 2.20. The van der Waals surface area contributed by atoms with E-state index in [9.17, 15) is 0 Å². The normalized spacial score (nSPS) is 10.6. The molecular weight excluding hydrogens is 322 g/mol. The number of halogens is 2. The van der Waals surface area contributed by atoms with Crippen molar-refractivity contribution in [1.82, 2.24) is 14.8 Å². The SMILES string of the molecule is Cn1c(CBr)nnc1-c1ccc(Br)cc1. The molecule has 0 atom stereocenters. The van der Waals surface area contributed by atoms with E-state index < -0.39 is 0 Å². The van der Waals surface area contributed by atoms with E-state index in [1.165, 1.54) is 0 Å². The van der Waals surface area contributed by atoms with Crippen molar-refractivity contribution in [2.24, 2.45) is 7.05 Å². The molecule has 0 spiro atoms. The maximum Gasteiger partial charge on any atom is 0.163 e. The zero-order chi connectivity index (χ0) is 10.8. The second-order valence-electron chi connectivity index (χ2n) is 3.14. The lowest BCUT2D eigenvalue weighted by Gasteiger charge is -2.02. The summed E-state index contributed by atoms with van der Waals surface area (Å²) < 4.78 is 3.05. The van der Waals surface area contributed by atoms with Crippen LogP contribution in [0.1, 0.15) is 5.82 Å². The molecular formula is C10H9Br2N3. The first-order valence-corrected chi connectivity index (χ1v) is 6.34. The molecule has 0 aliphatic heterocycles. The summed E-state index contributed by atoms with van der Waals surface area (Å²) in [6.07, 6.45) is 0. The Balaban J connectivity index is 2.45. The highest BCUT2D eigenvalue weighted by Gasteiger charge is 2.08. The fraction of sp³-hybridized carbons (Fsp3) is 0.200. The topological polar surface area (TPSA) is 30.7 Å². The summed E-state index contributed by atoms with van der Waals surface area (Å²) in [5.41, 5.74) is 1.07. The second kappa shape index (κ2) is 4.45. The molecule has 2 rings (SSSR count). The minimum Gasteiger partial charge on any atom is -0.313 e. The average Bonchev–Trinajstić information content (AvgIpc) is 2.61. The number of hydrogen-bond donors (Lipinski definition) is 0. The molecule has 0 unspecified atom stereocenters. The fourth-order valence-corrected chi connectivity index (χ4v) is 2.08. The monoisotopic (exact) mass is 329 g/mol. The Kier molecular flexibility index (Phi) is 3.21. The molecule has 0 saturated heterocycles. The lowest BCUT2D eigenvalue weighted by Crippen LogP contribution is -1.96. The van der Waals surface area contributed by atoms with E-state index >= 15 is 0 Å². The highest BCUT2D eigenvalue weighted by molar-refractivity contribution is 9.10.